The zero-order valence-electron chi connectivity index (χ0n) is 16.2. The number of nitrogens with two attached hydrogens (primary N) is 1. The van der Waals surface area contributed by atoms with Gasteiger partial charge in [-0.25, -0.2) is 4.99 Å². The number of hydrogen-bond acceptors (Lipinski definition) is 5. The second-order valence-electron chi connectivity index (χ2n) is 6.13. The lowest BCUT2D eigenvalue weighted by molar-refractivity contribution is 0.0674. The first-order valence-electron chi connectivity index (χ1n) is 9.32. The quantitative estimate of drug-likeness (QED) is 0.530. The van der Waals surface area contributed by atoms with Crippen LogP contribution in [0.1, 0.15) is 19.4 Å². The molecule has 1 aromatic carbocycles. The van der Waals surface area contributed by atoms with Crippen LogP contribution in [0.3, 0.4) is 0 Å². The third-order valence-electron chi connectivity index (χ3n) is 4.55. The van der Waals surface area contributed by atoms with E-state index < -0.39 is 0 Å². The molecule has 0 spiro atoms. The van der Waals surface area contributed by atoms with Gasteiger partial charge in [0.05, 0.1) is 26.9 Å². The van der Waals surface area contributed by atoms with E-state index in [4.69, 9.17) is 19.9 Å². The van der Waals surface area contributed by atoms with Crippen molar-refractivity contribution in [1.29, 1.82) is 0 Å². The topological polar surface area (TPSA) is 72.5 Å². The molecule has 1 aromatic rings. The van der Waals surface area contributed by atoms with Crippen molar-refractivity contribution < 1.29 is 14.2 Å². The Hall–Kier alpha value is -1.99. The fourth-order valence-corrected chi connectivity index (χ4v) is 2.82. The molecule has 0 amide bonds. The van der Waals surface area contributed by atoms with Gasteiger partial charge in [0, 0.05) is 19.6 Å². The van der Waals surface area contributed by atoms with Crippen molar-refractivity contribution >= 4 is 5.96 Å². The summed E-state index contributed by atoms with van der Waals surface area (Å²) in [6.45, 7) is 11.4. The standard InChI is InChI=1S/C19H32N4O3/c1-4-22(5-2)8-13-26-17-7-6-16(14-18(17)24-3)15-21-19(20)23-9-11-25-12-10-23/h6-7,14H,4-5,8-13,15H2,1-3H3,(H2,20,21). The van der Waals surface area contributed by atoms with Gasteiger partial charge in [-0.05, 0) is 30.8 Å². The number of nitrogens with zero attached hydrogens (tertiary/aromatic N) is 3. The first-order valence-corrected chi connectivity index (χ1v) is 9.32. The molecule has 7 nitrogen and oxygen atoms in total. The first-order chi connectivity index (χ1) is 12.7. The van der Waals surface area contributed by atoms with E-state index in [1.54, 1.807) is 7.11 Å². The predicted molar refractivity (Wildman–Crippen MR) is 104 cm³/mol. The summed E-state index contributed by atoms with van der Waals surface area (Å²) in [5.74, 6) is 2.04. The Morgan fingerprint density at radius 2 is 1.96 bits per heavy atom. The van der Waals surface area contributed by atoms with Gasteiger partial charge in [0.1, 0.15) is 6.61 Å². The van der Waals surface area contributed by atoms with Crippen molar-refractivity contribution in [1.82, 2.24) is 9.80 Å². The van der Waals surface area contributed by atoms with E-state index in [0.717, 1.165) is 49.8 Å². The minimum Gasteiger partial charge on any atom is -0.493 e. The molecule has 1 fully saturated rings. The van der Waals surface area contributed by atoms with Gasteiger partial charge >= 0.3 is 0 Å². The number of aliphatic imine (C=N–C) groups is 1. The van der Waals surface area contributed by atoms with Crippen LogP contribution in [0.25, 0.3) is 0 Å². The average molecular weight is 364 g/mol. The summed E-state index contributed by atoms with van der Waals surface area (Å²) in [6, 6.07) is 5.91. The summed E-state index contributed by atoms with van der Waals surface area (Å²) >= 11 is 0. The number of morpholine rings is 1. The maximum Gasteiger partial charge on any atom is 0.191 e. The van der Waals surface area contributed by atoms with Gasteiger partial charge in [-0.15, -0.1) is 0 Å². The highest BCUT2D eigenvalue weighted by atomic mass is 16.5. The van der Waals surface area contributed by atoms with Crippen LogP contribution >= 0.6 is 0 Å². The summed E-state index contributed by atoms with van der Waals surface area (Å²) in [6.07, 6.45) is 0. The molecule has 0 aliphatic carbocycles. The fourth-order valence-electron chi connectivity index (χ4n) is 2.82. The van der Waals surface area contributed by atoms with Crippen LogP contribution in [-0.4, -0.2) is 75.4 Å². The van der Waals surface area contributed by atoms with Crippen LogP contribution in [0.5, 0.6) is 11.5 Å². The third-order valence-corrected chi connectivity index (χ3v) is 4.55. The molecular weight excluding hydrogens is 332 g/mol. The van der Waals surface area contributed by atoms with Gasteiger partial charge in [0.2, 0.25) is 0 Å². The molecule has 2 N–H and O–H groups in total. The fraction of sp³-hybridized carbons (Fsp3) is 0.632. The van der Waals surface area contributed by atoms with Gasteiger partial charge in [-0.1, -0.05) is 19.9 Å². The van der Waals surface area contributed by atoms with Crippen molar-refractivity contribution in [2.75, 3.05) is 59.7 Å². The summed E-state index contributed by atoms with van der Waals surface area (Å²) in [5.41, 5.74) is 7.11. The molecule has 0 atom stereocenters. The van der Waals surface area contributed by atoms with Gasteiger partial charge in [-0.2, -0.15) is 0 Å². The van der Waals surface area contributed by atoms with Crippen molar-refractivity contribution in [2.45, 2.75) is 20.4 Å². The molecule has 1 aliphatic rings. The zero-order valence-corrected chi connectivity index (χ0v) is 16.2. The minimum atomic E-state index is 0.513. The summed E-state index contributed by atoms with van der Waals surface area (Å²) < 4.78 is 16.7. The van der Waals surface area contributed by atoms with E-state index in [0.29, 0.717) is 32.3 Å². The van der Waals surface area contributed by atoms with Crippen molar-refractivity contribution in [3.63, 3.8) is 0 Å². The van der Waals surface area contributed by atoms with E-state index in [-0.39, 0.29) is 0 Å². The Kier molecular flexibility index (Phi) is 8.50. The highest BCUT2D eigenvalue weighted by Crippen LogP contribution is 2.28. The number of guanidine groups is 1. The Balaban J connectivity index is 1.92. The number of likely N-dealkylation sites (N-methyl/N-ethyl adjacent to an activating group) is 1. The minimum absolute atomic E-state index is 0.513. The van der Waals surface area contributed by atoms with Crippen molar-refractivity contribution in [2.24, 2.45) is 10.7 Å². The molecule has 0 radical (unpaired) electrons. The van der Waals surface area contributed by atoms with E-state index in [9.17, 15) is 0 Å². The number of ether oxygens (including phenoxy) is 3. The number of hydrogen-bond donors (Lipinski definition) is 1. The third kappa shape index (κ3) is 6.07. The molecule has 146 valence electrons. The number of rotatable bonds is 9. The second-order valence-corrected chi connectivity index (χ2v) is 6.13. The van der Waals surface area contributed by atoms with Crippen LogP contribution in [0, 0.1) is 0 Å². The SMILES string of the molecule is CCN(CC)CCOc1ccc(CN=C(N)N2CCOCC2)cc1OC. The highest BCUT2D eigenvalue weighted by Gasteiger charge is 2.12. The van der Waals surface area contributed by atoms with Gasteiger partial charge in [0.15, 0.2) is 17.5 Å². The van der Waals surface area contributed by atoms with E-state index in [2.05, 4.69) is 23.7 Å². The summed E-state index contributed by atoms with van der Waals surface area (Å²) in [5, 5.41) is 0. The van der Waals surface area contributed by atoms with Crippen molar-refractivity contribution in [3.8, 4) is 11.5 Å². The van der Waals surface area contributed by atoms with Gasteiger partial charge in [0.25, 0.3) is 0 Å². The van der Waals surface area contributed by atoms with Crippen LogP contribution < -0.4 is 15.2 Å². The Morgan fingerprint density at radius 3 is 2.62 bits per heavy atom. The smallest absolute Gasteiger partial charge is 0.191 e. The molecule has 2 rings (SSSR count). The zero-order chi connectivity index (χ0) is 18.8. The molecule has 7 heteroatoms. The lowest BCUT2D eigenvalue weighted by Crippen LogP contribution is -2.44. The molecule has 1 aliphatic heterocycles. The lowest BCUT2D eigenvalue weighted by atomic mass is 10.2. The van der Waals surface area contributed by atoms with Crippen LogP contribution in [0.15, 0.2) is 23.2 Å². The molecule has 1 saturated heterocycles. The number of benzene rings is 1. The van der Waals surface area contributed by atoms with E-state index >= 15 is 0 Å². The lowest BCUT2D eigenvalue weighted by Gasteiger charge is -2.27. The largest absolute Gasteiger partial charge is 0.493 e. The monoisotopic (exact) mass is 364 g/mol. The molecule has 26 heavy (non-hydrogen) atoms. The molecule has 0 aromatic heterocycles. The molecular formula is C19H32N4O3. The molecule has 1 heterocycles. The summed E-state index contributed by atoms with van der Waals surface area (Å²) in [4.78, 5) is 8.86. The van der Waals surface area contributed by atoms with E-state index in [1.807, 2.05) is 23.1 Å². The van der Waals surface area contributed by atoms with Gasteiger partial charge < -0.3 is 29.7 Å². The average Bonchev–Trinajstić information content (AvgIpc) is 2.70. The van der Waals surface area contributed by atoms with Crippen molar-refractivity contribution in [3.05, 3.63) is 23.8 Å². The Morgan fingerprint density at radius 1 is 1.23 bits per heavy atom. The Labute approximate surface area is 156 Å². The van der Waals surface area contributed by atoms with Crippen LogP contribution in [0.2, 0.25) is 0 Å². The highest BCUT2D eigenvalue weighted by molar-refractivity contribution is 5.78. The molecule has 0 unspecified atom stereocenters. The molecule has 0 saturated carbocycles. The summed E-state index contributed by atoms with van der Waals surface area (Å²) in [7, 11) is 1.65. The maximum absolute atomic E-state index is 6.08. The Bertz CT molecular complexity index is 570. The maximum atomic E-state index is 6.08. The number of methoxy groups -OCH3 is 1. The van der Waals surface area contributed by atoms with Crippen LogP contribution in [0.4, 0.5) is 0 Å². The normalized spacial score (nSPS) is 15.4. The predicted octanol–water partition coefficient (Wildman–Crippen LogP) is 1.56. The first kappa shape index (κ1) is 20.3. The van der Waals surface area contributed by atoms with Crippen LogP contribution in [-0.2, 0) is 11.3 Å². The molecule has 0 bridgehead atoms. The van der Waals surface area contributed by atoms with Gasteiger partial charge in [-0.3, -0.25) is 0 Å². The second kappa shape index (κ2) is 10.9. The van der Waals surface area contributed by atoms with E-state index in [1.165, 1.54) is 0 Å².